The number of fused-ring (bicyclic) bond motifs is 1. The van der Waals surface area contributed by atoms with Crippen LogP contribution in [0.15, 0.2) is 73.9 Å². The van der Waals surface area contributed by atoms with Crippen LogP contribution in [-0.2, 0) is 4.79 Å². The van der Waals surface area contributed by atoms with Crippen LogP contribution in [0.25, 0.3) is 21.5 Å². The molecule has 0 radical (unpaired) electrons. The van der Waals surface area contributed by atoms with Gasteiger partial charge in [0.05, 0.1) is 16.9 Å². The standard InChI is InChI=1S/C24H20N4O4S2/c1-13-11-18(28-32-13)25-23(30)20(15-7-4-3-5-8-15)34-14(2)21-26-22(29)19-16(12-33-24(19)27-21)17-9-6-10-31-17/h3-12,14,20H,1-2H3,(H,25,28,30)(H,26,27,29). The fraction of sp³-hybridized carbons (Fsp3) is 0.167. The average molecular weight is 493 g/mol. The Kier molecular flexibility index (Phi) is 6.08. The molecule has 0 spiro atoms. The predicted molar refractivity (Wildman–Crippen MR) is 133 cm³/mol. The number of amides is 1. The van der Waals surface area contributed by atoms with Gasteiger partial charge in [0.25, 0.3) is 5.56 Å². The van der Waals surface area contributed by atoms with Crippen LogP contribution in [0, 0.1) is 6.92 Å². The quantitative estimate of drug-likeness (QED) is 0.299. The molecule has 0 fully saturated rings. The van der Waals surface area contributed by atoms with Gasteiger partial charge in [-0.25, -0.2) is 4.98 Å². The molecule has 0 saturated carbocycles. The largest absolute Gasteiger partial charge is 0.464 e. The number of anilines is 1. The lowest BCUT2D eigenvalue weighted by Crippen LogP contribution is -2.20. The van der Waals surface area contributed by atoms with Gasteiger partial charge in [-0.15, -0.1) is 23.1 Å². The second-order valence-corrected chi connectivity index (χ2v) is 9.95. The molecule has 0 saturated heterocycles. The zero-order valence-electron chi connectivity index (χ0n) is 18.3. The zero-order chi connectivity index (χ0) is 23.7. The number of H-pyrrole nitrogens is 1. The number of hydrogen-bond acceptors (Lipinski definition) is 8. The van der Waals surface area contributed by atoms with Crippen LogP contribution in [0.1, 0.15) is 34.6 Å². The van der Waals surface area contributed by atoms with E-state index in [9.17, 15) is 9.59 Å². The molecule has 4 aromatic heterocycles. The van der Waals surface area contributed by atoms with E-state index >= 15 is 0 Å². The number of benzene rings is 1. The van der Waals surface area contributed by atoms with Crippen molar-refractivity contribution in [1.29, 1.82) is 0 Å². The van der Waals surface area contributed by atoms with E-state index < -0.39 is 5.25 Å². The molecule has 5 aromatic rings. The summed E-state index contributed by atoms with van der Waals surface area (Å²) in [7, 11) is 0. The van der Waals surface area contributed by atoms with Gasteiger partial charge in [0.1, 0.15) is 27.4 Å². The Balaban J connectivity index is 1.44. The van der Waals surface area contributed by atoms with E-state index in [2.05, 4.69) is 15.5 Å². The van der Waals surface area contributed by atoms with Crippen molar-refractivity contribution in [3.05, 3.63) is 87.7 Å². The van der Waals surface area contributed by atoms with Gasteiger partial charge in [0.2, 0.25) is 5.91 Å². The summed E-state index contributed by atoms with van der Waals surface area (Å²) in [5, 5.41) is 8.20. The van der Waals surface area contributed by atoms with Crippen LogP contribution >= 0.6 is 23.1 Å². The van der Waals surface area contributed by atoms with Gasteiger partial charge < -0.3 is 19.2 Å². The van der Waals surface area contributed by atoms with Gasteiger partial charge >= 0.3 is 0 Å². The van der Waals surface area contributed by atoms with E-state index in [4.69, 9.17) is 13.9 Å². The molecule has 0 bridgehead atoms. The summed E-state index contributed by atoms with van der Waals surface area (Å²) >= 11 is 2.78. The minimum absolute atomic E-state index is 0.237. The number of nitrogens with one attached hydrogen (secondary N) is 2. The van der Waals surface area contributed by atoms with Gasteiger partial charge in [-0.3, -0.25) is 9.59 Å². The molecule has 0 aliphatic carbocycles. The summed E-state index contributed by atoms with van der Waals surface area (Å²) in [6.45, 7) is 3.67. The SMILES string of the molecule is Cc1cc(NC(=O)C(SC(C)c2nc3scc(-c4ccco4)c3c(=O)[nH]2)c2ccccc2)no1. The molecule has 10 heteroatoms. The van der Waals surface area contributed by atoms with E-state index in [-0.39, 0.29) is 16.7 Å². The molecular weight excluding hydrogens is 472 g/mol. The Bertz CT molecular complexity index is 1490. The van der Waals surface area contributed by atoms with Crippen LogP contribution in [-0.4, -0.2) is 21.0 Å². The van der Waals surface area contributed by atoms with Crippen molar-refractivity contribution in [1.82, 2.24) is 15.1 Å². The minimum atomic E-state index is -0.559. The van der Waals surface area contributed by atoms with Crippen LogP contribution < -0.4 is 10.9 Å². The highest BCUT2D eigenvalue weighted by Gasteiger charge is 2.27. The highest BCUT2D eigenvalue weighted by atomic mass is 32.2. The molecule has 0 aliphatic rings. The number of thiophene rings is 1. The first-order valence-electron chi connectivity index (χ1n) is 10.5. The Morgan fingerprint density at radius 2 is 2.03 bits per heavy atom. The molecule has 2 unspecified atom stereocenters. The number of furan rings is 1. The fourth-order valence-corrected chi connectivity index (χ4v) is 5.66. The Morgan fingerprint density at radius 3 is 2.74 bits per heavy atom. The molecule has 1 aromatic carbocycles. The molecule has 2 N–H and O–H groups in total. The normalized spacial score (nSPS) is 13.1. The maximum Gasteiger partial charge on any atom is 0.260 e. The molecule has 2 atom stereocenters. The number of carbonyl (C=O) groups is 1. The summed E-state index contributed by atoms with van der Waals surface area (Å²) in [6.07, 6.45) is 1.57. The van der Waals surface area contributed by atoms with Crippen molar-refractivity contribution < 1.29 is 13.7 Å². The van der Waals surface area contributed by atoms with E-state index in [0.717, 1.165) is 11.1 Å². The van der Waals surface area contributed by atoms with Crippen molar-refractivity contribution in [3.63, 3.8) is 0 Å². The smallest absolute Gasteiger partial charge is 0.260 e. The van der Waals surface area contributed by atoms with Crippen LogP contribution in [0.3, 0.4) is 0 Å². The summed E-state index contributed by atoms with van der Waals surface area (Å²) in [6, 6.07) is 14.7. The minimum Gasteiger partial charge on any atom is -0.464 e. The van der Waals surface area contributed by atoms with Crippen molar-refractivity contribution in [3.8, 4) is 11.3 Å². The van der Waals surface area contributed by atoms with Crippen LogP contribution in [0.2, 0.25) is 0 Å². The van der Waals surface area contributed by atoms with E-state index in [1.165, 1.54) is 23.1 Å². The molecule has 34 heavy (non-hydrogen) atoms. The number of rotatable bonds is 7. The van der Waals surface area contributed by atoms with Crippen LogP contribution in [0.5, 0.6) is 0 Å². The van der Waals surface area contributed by atoms with Crippen LogP contribution in [0.4, 0.5) is 5.82 Å². The summed E-state index contributed by atoms with van der Waals surface area (Å²) < 4.78 is 10.5. The first kappa shape index (κ1) is 22.2. The third-order valence-electron chi connectivity index (χ3n) is 5.19. The van der Waals surface area contributed by atoms with Gasteiger partial charge in [0.15, 0.2) is 5.82 Å². The number of carbonyl (C=O) groups excluding carboxylic acids is 1. The molecule has 172 valence electrons. The van der Waals surface area contributed by atoms with Crippen molar-refractivity contribution in [2.45, 2.75) is 24.3 Å². The summed E-state index contributed by atoms with van der Waals surface area (Å²) in [4.78, 5) is 34.4. The van der Waals surface area contributed by atoms with Crippen molar-refractivity contribution >= 4 is 45.0 Å². The Hall–Kier alpha value is -3.63. The number of aromatic amines is 1. The number of aromatic nitrogens is 3. The van der Waals surface area contributed by atoms with Gasteiger partial charge in [-0.05, 0) is 31.5 Å². The first-order valence-corrected chi connectivity index (χ1v) is 12.3. The molecule has 8 nitrogen and oxygen atoms in total. The third kappa shape index (κ3) is 4.42. The molecule has 5 rings (SSSR count). The average Bonchev–Trinajstić information content (AvgIpc) is 3.58. The van der Waals surface area contributed by atoms with Gasteiger partial charge in [-0.2, -0.15) is 0 Å². The van der Waals surface area contributed by atoms with E-state index in [0.29, 0.717) is 33.4 Å². The summed E-state index contributed by atoms with van der Waals surface area (Å²) in [5.41, 5.74) is 1.31. The lowest BCUT2D eigenvalue weighted by Gasteiger charge is -2.20. The Labute approximate surface area is 202 Å². The number of nitrogens with zero attached hydrogens (tertiary/aromatic N) is 2. The second kappa shape index (κ2) is 9.32. The van der Waals surface area contributed by atoms with Crippen molar-refractivity contribution in [2.75, 3.05) is 5.32 Å². The molecule has 0 aliphatic heterocycles. The third-order valence-corrected chi connectivity index (χ3v) is 7.46. The molecular formula is C24H20N4O4S2. The molecule has 4 heterocycles. The second-order valence-electron chi connectivity index (χ2n) is 7.64. The van der Waals surface area contributed by atoms with Gasteiger partial charge in [-0.1, -0.05) is 35.5 Å². The molecule has 1 amide bonds. The highest BCUT2D eigenvalue weighted by molar-refractivity contribution is 8.00. The number of thioether (sulfide) groups is 1. The predicted octanol–water partition coefficient (Wildman–Crippen LogP) is 5.72. The fourth-order valence-electron chi connectivity index (χ4n) is 3.58. The number of hydrogen-bond donors (Lipinski definition) is 2. The van der Waals surface area contributed by atoms with E-state index in [1.807, 2.05) is 48.7 Å². The van der Waals surface area contributed by atoms with E-state index in [1.54, 1.807) is 25.3 Å². The topological polar surface area (TPSA) is 114 Å². The highest BCUT2D eigenvalue weighted by Crippen LogP contribution is 2.40. The Morgan fingerprint density at radius 1 is 1.21 bits per heavy atom. The lowest BCUT2D eigenvalue weighted by molar-refractivity contribution is -0.115. The maximum atomic E-state index is 13.2. The summed E-state index contributed by atoms with van der Waals surface area (Å²) in [5.74, 6) is 1.84. The number of aryl methyl sites for hydroxylation is 1. The first-order chi connectivity index (χ1) is 16.5. The van der Waals surface area contributed by atoms with Crippen molar-refractivity contribution in [2.24, 2.45) is 0 Å². The van der Waals surface area contributed by atoms with Gasteiger partial charge in [0, 0.05) is 17.0 Å². The zero-order valence-corrected chi connectivity index (χ0v) is 19.9. The monoisotopic (exact) mass is 492 g/mol. The maximum absolute atomic E-state index is 13.2. The lowest BCUT2D eigenvalue weighted by atomic mass is 10.1.